The van der Waals surface area contributed by atoms with Crippen molar-refractivity contribution in [1.29, 1.82) is 0 Å². The lowest BCUT2D eigenvalue weighted by Gasteiger charge is -2.21. The SMILES string of the molecule is COc1ccc(NC(=O)[C@H]2CC(=O)N/C(=N/N=C(/C)c3ccc(Cl)cc3)S2)cc1. The molecule has 2 amide bonds. The van der Waals surface area contributed by atoms with Crippen LogP contribution in [0.1, 0.15) is 18.9 Å². The van der Waals surface area contributed by atoms with E-state index in [0.717, 1.165) is 17.3 Å². The maximum absolute atomic E-state index is 12.6. The molecule has 1 fully saturated rings. The number of benzene rings is 2. The van der Waals surface area contributed by atoms with Crippen molar-refractivity contribution in [3.05, 3.63) is 59.1 Å². The number of methoxy groups -OCH3 is 1. The van der Waals surface area contributed by atoms with Gasteiger partial charge in [0.25, 0.3) is 0 Å². The molecule has 2 N–H and O–H groups in total. The standard InChI is InChI=1S/C20H19ClN4O3S/c1-12(13-3-5-14(21)6-4-13)24-25-20-23-18(26)11-17(29-20)19(27)22-15-7-9-16(28-2)10-8-15/h3-10,17H,11H2,1-2H3,(H,22,27)(H,23,25,26)/b24-12-/t17-/m1/s1. The minimum Gasteiger partial charge on any atom is -0.497 e. The lowest BCUT2D eigenvalue weighted by Crippen LogP contribution is -2.41. The number of hydrogen-bond acceptors (Lipinski definition) is 6. The van der Waals surface area contributed by atoms with Gasteiger partial charge in [-0.2, -0.15) is 5.10 Å². The third-order valence-corrected chi connectivity index (χ3v) is 5.40. The molecule has 9 heteroatoms. The fraction of sp³-hybridized carbons (Fsp3) is 0.200. The first-order chi connectivity index (χ1) is 13.9. The van der Waals surface area contributed by atoms with Gasteiger partial charge in [-0.1, -0.05) is 35.5 Å². The average Bonchev–Trinajstić information content (AvgIpc) is 2.72. The number of amidine groups is 1. The van der Waals surface area contributed by atoms with Gasteiger partial charge in [0.15, 0.2) is 5.17 Å². The Balaban J connectivity index is 1.67. The topological polar surface area (TPSA) is 92.1 Å². The molecule has 2 aromatic rings. The molecule has 0 radical (unpaired) electrons. The molecule has 0 bridgehead atoms. The van der Waals surface area contributed by atoms with Gasteiger partial charge in [-0.05, 0) is 48.9 Å². The molecule has 1 aliphatic rings. The highest BCUT2D eigenvalue weighted by molar-refractivity contribution is 8.15. The van der Waals surface area contributed by atoms with Gasteiger partial charge in [0.1, 0.15) is 11.0 Å². The zero-order valence-electron chi connectivity index (χ0n) is 15.8. The van der Waals surface area contributed by atoms with Gasteiger partial charge in [-0.25, -0.2) is 0 Å². The van der Waals surface area contributed by atoms with Crippen LogP contribution in [0.4, 0.5) is 5.69 Å². The average molecular weight is 431 g/mol. The predicted octanol–water partition coefficient (Wildman–Crippen LogP) is 3.69. The van der Waals surface area contributed by atoms with E-state index in [4.69, 9.17) is 16.3 Å². The molecule has 0 aromatic heterocycles. The number of halogens is 1. The molecule has 3 rings (SSSR count). The molecule has 0 unspecified atom stereocenters. The Kier molecular flexibility index (Phi) is 6.90. The Hall–Kier alpha value is -2.84. The fourth-order valence-electron chi connectivity index (χ4n) is 2.51. The zero-order chi connectivity index (χ0) is 20.8. The van der Waals surface area contributed by atoms with Crippen molar-refractivity contribution in [3.8, 4) is 5.75 Å². The second-order valence-electron chi connectivity index (χ2n) is 6.17. The summed E-state index contributed by atoms with van der Waals surface area (Å²) < 4.78 is 5.10. The number of carbonyl (C=O) groups excluding carboxylic acids is 2. The van der Waals surface area contributed by atoms with E-state index in [1.807, 2.05) is 12.1 Å². The van der Waals surface area contributed by atoms with Gasteiger partial charge in [0.05, 0.1) is 12.8 Å². The number of carbonyl (C=O) groups is 2. The van der Waals surface area contributed by atoms with E-state index in [-0.39, 0.29) is 23.4 Å². The minimum absolute atomic E-state index is 0.0611. The Morgan fingerprint density at radius 2 is 1.90 bits per heavy atom. The summed E-state index contributed by atoms with van der Waals surface area (Å²) in [6.45, 7) is 1.80. The predicted molar refractivity (Wildman–Crippen MR) is 117 cm³/mol. The first-order valence-electron chi connectivity index (χ1n) is 8.74. The monoisotopic (exact) mass is 430 g/mol. The molecule has 1 aliphatic heterocycles. The van der Waals surface area contributed by atoms with Crippen molar-refractivity contribution in [2.75, 3.05) is 12.4 Å². The van der Waals surface area contributed by atoms with Crippen LogP contribution in [0.2, 0.25) is 5.02 Å². The van der Waals surface area contributed by atoms with Crippen molar-refractivity contribution in [1.82, 2.24) is 5.32 Å². The number of hydrogen-bond donors (Lipinski definition) is 2. The van der Waals surface area contributed by atoms with Crippen LogP contribution in [-0.4, -0.2) is 35.1 Å². The van der Waals surface area contributed by atoms with Crippen molar-refractivity contribution in [2.45, 2.75) is 18.6 Å². The molecular weight excluding hydrogens is 412 g/mol. The Labute approximate surface area is 177 Å². The van der Waals surface area contributed by atoms with Crippen LogP contribution in [0.3, 0.4) is 0 Å². The normalized spacial score (nSPS) is 18.3. The third-order valence-electron chi connectivity index (χ3n) is 4.07. The van der Waals surface area contributed by atoms with E-state index in [0.29, 0.717) is 22.2 Å². The maximum Gasteiger partial charge on any atom is 0.238 e. The largest absolute Gasteiger partial charge is 0.497 e. The van der Waals surface area contributed by atoms with Crippen molar-refractivity contribution in [3.63, 3.8) is 0 Å². The summed E-state index contributed by atoms with van der Waals surface area (Å²) in [7, 11) is 1.57. The van der Waals surface area contributed by atoms with Crippen LogP contribution >= 0.6 is 23.4 Å². The number of thioether (sulfide) groups is 1. The van der Waals surface area contributed by atoms with E-state index in [2.05, 4.69) is 20.8 Å². The Morgan fingerprint density at radius 3 is 2.55 bits per heavy atom. The van der Waals surface area contributed by atoms with Gasteiger partial charge < -0.3 is 15.4 Å². The van der Waals surface area contributed by atoms with Crippen LogP contribution in [0, 0.1) is 0 Å². The lowest BCUT2D eigenvalue weighted by atomic mass is 10.1. The van der Waals surface area contributed by atoms with E-state index in [1.165, 1.54) is 0 Å². The van der Waals surface area contributed by atoms with E-state index in [9.17, 15) is 9.59 Å². The van der Waals surface area contributed by atoms with E-state index < -0.39 is 5.25 Å². The number of nitrogens with one attached hydrogen (secondary N) is 2. The fourth-order valence-corrected chi connectivity index (χ4v) is 3.56. The van der Waals surface area contributed by atoms with Crippen molar-refractivity contribution >= 4 is 51.7 Å². The number of anilines is 1. The molecule has 7 nitrogen and oxygen atoms in total. The lowest BCUT2D eigenvalue weighted by molar-refractivity contribution is -0.123. The Morgan fingerprint density at radius 1 is 1.21 bits per heavy atom. The molecule has 1 heterocycles. The van der Waals surface area contributed by atoms with Gasteiger partial charge in [-0.3, -0.25) is 9.59 Å². The smallest absolute Gasteiger partial charge is 0.238 e. The molecular formula is C20H19ClN4O3S. The number of ether oxygens (including phenoxy) is 1. The van der Waals surface area contributed by atoms with E-state index in [1.54, 1.807) is 50.4 Å². The molecule has 0 spiro atoms. The summed E-state index contributed by atoms with van der Waals surface area (Å²) in [5, 5.41) is 14.0. The highest BCUT2D eigenvalue weighted by Gasteiger charge is 2.30. The Bertz CT molecular complexity index is 959. The number of amides is 2. The van der Waals surface area contributed by atoms with Gasteiger partial charge in [0, 0.05) is 17.1 Å². The first kappa shape index (κ1) is 20.9. The number of rotatable bonds is 5. The second-order valence-corrected chi connectivity index (χ2v) is 7.80. The molecule has 29 heavy (non-hydrogen) atoms. The molecule has 150 valence electrons. The quantitative estimate of drug-likeness (QED) is 0.559. The van der Waals surface area contributed by atoms with Crippen LogP contribution in [0.25, 0.3) is 0 Å². The number of nitrogens with zero attached hydrogens (tertiary/aromatic N) is 2. The molecule has 1 atom stereocenters. The zero-order valence-corrected chi connectivity index (χ0v) is 17.4. The van der Waals surface area contributed by atoms with Gasteiger partial charge >= 0.3 is 0 Å². The molecule has 0 saturated carbocycles. The van der Waals surface area contributed by atoms with Crippen LogP contribution < -0.4 is 15.4 Å². The van der Waals surface area contributed by atoms with Crippen LogP contribution in [0.5, 0.6) is 5.75 Å². The summed E-state index contributed by atoms with van der Waals surface area (Å²) in [5.74, 6) is 0.135. The van der Waals surface area contributed by atoms with Gasteiger partial charge in [0.2, 0.25) is 11.8 Å². The highest BCUT2D eigenvalue weighted by Crippen LogP contribution is 2.23. The summed E-state index contributed by atoms with van der Waals surface area (Å²) in [6.07, 6.45) is 0.0611. The summed E-state index contributed by atoms with van der Waals surface area (Å²) >= 11 is 7.05. The molecule has 2 aromatic carbocycles. The molecule has 0 aliphatic carbocycles. The van der Waals surface area contributed by atoms with Crippen LogP contribution in [-0.2, 0) is 9.59 Å². The van der Waals surface area contributed by atoms with Crippen molar-refractivity contribution < 1.29 is 14.3 Å². The minimum atomic E-state index is -0.601. The third kappa shape index (κ3) is 5.82. The second kappa shape index (κ2) is 9.58. The van der Waals surface area contributed by atoms with Crippen molar-refractivity contribution in [2.24, 2.45) is 10.2 Å². The maximum atomic E-state index is 12.6. The summed E-state index contributed by atoms with van der Waals surface area (Å²) in [6, 6.07) is 14.2. The summed E-state index contributed by atoms with van der Waals surface area (Å²) in [5.41, 5.74) is 2.14. The highest BCUT2D eigenvalue weighted by atomic mass is 35.5. The van der Waals surface area contributed by atoms with E-state index >= 15 is 0 Å². The van der Waals surface area contributed by atoms with Crippen LogP contribution in [0.15, 0.2) is 58.7 Å². The molecule has 1 saturated heterocycles. The first-order valence-corrected chi connectivity index (χ1v) is 10.00. The van der Waals surface area contributed by atoms with Gasteiger partial charge in [-0.15, -0.1) is 5.10 Å². The summed E-state index contributed by atoms with van der Waals surface area (Å²) in [4.78, 5) is 24.6.